The molecule has 4 aromatic carbocycles. The van der Waals surface area contributed by atoms with Crippen LogP contribution in [0.5, 0.6) is 17.2 Å². The fraction of sp³-hybridized carbons (Fsp3) is 0.250. The van der Waals surface area contributed by atoms with E-state index in [2.05, 4.69) is 5.43 Å². The Bertz CT molecular complexity index is 2230. The number of allylic oxidation sites excluding steroid dienone is 2. The number of hydrogen-bond donors (Lipinski definition) is 2. The molecule has 10 nitrogen and oxygen atoms in total. The number of phenolic OH excluding ortho intramolecular Hbond substituents is 1. The summed E-state index contributed by atoms with van der Waals surface area (Å²) in [6.07, 6.45) is 2.26. The zero-order valence-electron chi connectivity index (χ0n) is 28.4. The summed E-state index contributed by atoms with van der Waals surface area (Å²) >= 11 is 18.8. The zero-order chi connectivity index (χ0) is 37.3. The molecular weight excluding hydrogens is 741 g/mol. The summed E-state index contributed by atoms with van der Waals surface area (Å²) in [5.41, 5.74) is 3.88. The molecule has 0 radical (unpaired) electrons. The minimum absolute atomic E-state index is 0.0856. The molecule has 3 fully saturated rings. The van der Waals surface area contributed by atoms with Gasteiger partial charge in [-0.2, -0.15) is 5.01 Å². The topological polar surface area (TPSA) is 125 Å². The van der Waals surface area contributed by atoms with Crippen LogP contribution >= 0.6 is 34.8 Å². The third kappa shape index (κ3) is 5.29. The van der Waals surface area contributed by atoms with Gasteiger partial charge in [-0.1, -0.05) is 64.7 Å². The van der Waals surface area contributed by atoms with Crippen molar-refractivity contribution < 1.29 is 33.8 Å². The van der Waals surface area contributed by atoms with Crippen molar-refractivity contribution >= 4 is 69.8 Å². The quantitative estimate of drug-likeness (QED) is 0.146. The third-order valence-corrected chi connectivity index (χ3v) is 12.0. The second-order valence-corrected chi connectivity index (χ2v) is 14.9. The SMILES string of the molecule is COc1ccc([C@@]23C(=O)N(Nc4ccc(Cl)cc4Cl)C(=O)[C@@H]2C[C@@H]2C(=CC[C@@H]4C(=O)N(c5ccc(Cl)cc5)C(=O)[C@@H]42)[C@@H]3c2ccc(OC)c(O)c2)cc1. The molecule has 13 heteroatoms. The molecule has 2 N–H and O–H groups in total. The lowest BCUT2D eigenvalue weighted by Crippen LogP contribution is -2.53. The van der Waals surface area contributed by atoms with Gasteiger partial charge in [0.2, 0.25) is 11.8 Å². The van der Waals surface area contributed by atoms with Gasteiger partial charge in [0, 0.05) is 16.0 Å². The van der Waals surface area contributed by atoms with Gasteiger partial charge in [0.25, 0.3) is 11.8 Å². The van der Waals surface area contributed by atoms with Crippen LogP contribution in [0, 0.1) is 23.7 Å². The van der Waals surface area contributed by atoms with E-state index < -0.39 is 46.8 Å². The molecule has 4 aliphatic rings. The fourth-order valence-corrected chi connectivity index (χ4v) is 9.53. The maximum Gasteiger partial charge on any atom is 0.260 e. The van der Waals surface area contributed by atoms with Crippen molar-refractivity contribution in [3.63, 3.8) is 0 Å². The Kier molecular flexibility index (Phi) is 8.67. The van der Waals surface area contributed by atoms with Crippen molar-refractivity contribution in [3.8, 4) is 17.2 Å². The number of nitrogens with one attached hydrogen (secondary N) is 1. The maximum absolute atomic E-state index is 15.4. The first kappa shape index (κ1) is 35.0. The van der Waals surface area contributed by atoms with Gasteiger partial charge in [-0.05, 0) is 96.6 Å². The summed E-state index contributed by atoms with van der Waals surface area (Å²) < 4.78 is 10.8. The van der Waals surface area contributed by atoms with Gasteiger partial charge in [0.05, 0.1) is 53.8 Å². The molecule has 0 bridgehead atoms. The lowest BCUT2D eigenvalue weighted by molar-refractivity contribution is -0.138. The number of methoxy groups -OCH3 is 2. The number of benzene rings is 4. The van der Waals surface area contributed by atoms with Gasteiger partial charge in [-0.25, -0.2) is 0 Å². The number of rotatable bonds is 7. The summed E-state index contributed by atoms with van der Waals surface area (Å²) in [6.45, 7) is 0. The first-order valence-corrected chi connectivity index (χ1v) is 18.1. The fourth-order valence-electron chi connectivity index (χ4n) is 8.95. The number of fused-ring (bicyclic) bond motifs is 4. The summed E-state index contributed by atoms with van der Waals surface area (Å²) in [5.74, 6) is -5.19. The molecule has 4 aromatic rings. The molecule has 6 atom stereocenters. The molecule has 8 rings (SSSR count). The number of aromatic hydroxyl groups is 1. The Morgan fingerprint density at radius 1 is 0.792 bits per heavy atom. The van der Waals surface area contributed by atoms with Gasteiger partial charge in [-0.15, -0.1) is 0 Å². The van der Waals surface area contributed by atoms with E-state index in [9.17, 15) is 19.5 Å². The number of carbonyl (C=O) groups is 4. The standard InChI is InChI=1S/C40H32Cl3N3O7/c1-52-25-11-4-21(5-12-25)40-29(37(49)46(39(40)51)44-31-15-8-23(42)18-30(31)43)19-28-26(35(40)20-3-16-33(53-2)32(47)17-20)13-14-27-34(28)38(50)45(36(27)48)24-9-6-22(41)7-10-24/h3-13,15-18,27-29,34-35,44,47H,14,19H2,1-2H3/t27-,28+,29-,34-,35-,40+/m0/s1. The van der Waals surface area contributed by atoms with Crippen LogP contribution in [0.3, 0.4) is 0 Å². The largest absolute Gasteiger partial charge is 0.504 e. The van der Waals surface area contributed by atoms with Crippen molar-refractivity contribution in [3.05, 3.63) is 123 Å². The minimum atomic E-state index is -1.58. The predicted molar refractivity (Wildman–Crippen MR) is 199 cm³/mol. The van der Waals surface area contributed by atoms with Crippen LogP contribution in [0.4, 0.5) is 11.4 Å². The van der Waals surface area contributed by atoms with Crippen LogP contribution in [0.15, 0.2) is 96.6 Å². The molecule has 4 amide bonds. The molecule has 270 valence electrons. The van der Waals surface area contributed by atoms with Crippen LogP contribution in [0.2, 0.25) is 15.1 Å². The van der Waals surface area contributed by atoms with Gasteiger partial charge in [-0.3, -0.25) is 29.5 Å². The summed E-state index contributed by atoms with van der Waals surface area (Å²) in [5, 5.41) is 13.2. The van der Waals surface area contributed by atoms with Crippen LogP contribution in [0.25, 0.3) is 0 Å². The number of anilines is 2. The molecule has 2 aliphatic heterocycles. The van der Waals surface area contributed by atoms with E-state index >= 15 is 4.79 Å². The number of phenols is 1. The lowest BCUT2D eigenvalue weighted by atomic mass is 9.49. The summed E-state index contributed by atoms with van der Waals surface area (Å²) in [4.78, 5) is 59.9. The molecule has 2 aliphatic carbocycles. The maximum atomic E-state index is 15.4. The monoisotopic (exact) mass is 771 g/mol. The average molecular weight is 773 g/mol. The molecule has 2 heterocycles. The van der Waals surface area contributed by atoms with Gasteiger partial charge in [0.15, 0.2) is 11.5 Å². The van der Waals surface area contributed by atoms with Gasteiger partial charge < -0.3 is 14.6 Å². The number of imide groups is 2. The van der Waals surface area contributed by atoms with E-state index in [1.54, 1.807) is 72.8 Å². The summed E-state index contributed by atoms with van der Waals surface area (Å²) in [6, 6.07) is 23.1. The van der Waals surface area contributed by atoms with E-state index in [0.717, 1.165) is 10.6 Å². The van der Waals surface area contributed by atoms with Crippen molar-refractivity contribution in [2.24, 2.45) is 23.7 Å². The van der Waals surface area contributed by atoms with Crippen LogP contribution in [0.1, 0.15) is 29.9 Å². The number of hydrogen-bond acceptors (Lipinski definition) is 8. The number of nitrogens with zero attached hydrogens (tertiary/aromatic N) is 2. The van der Waals surface area contributed by atoms with E-state index in [-0.39, 0.29) is 46.9 Å². The van der Waals surface area contributed by atoms with Crippen LogP contribution < -0.4 is 19.8 Å². The van der Waals surface area contributed by atoms with Crippen molar-refractivity contribution in [1.82, 2.24) is 5.01 Å². The van der Waals surface area contributed by atoms with E-state index in [4.69, 9.17) is 44.3 Å². The van der Waals surface area contributed by atoms with Crippen molar-refractivity contribution in [1.29, 1.82) is 0 Å². The highest BCUT2D eigenvalue weighted by atomic mass is 35.5. The molecule has 53 heavy (non-hydrogen) atoms. The highest BCUT2D eigenvalue weighted by Crippen LogP contribution is 2.64. The second kappa shape index (κ2) is 13.1. The first-order chi connectivity index (χ1) is 25.5. The normalized spacial score (nSPS) is 26.2. The molecule has 0 spiro atoms. The number of carbonyl (C=O) groups excluding carboxylic acids is 4. The molecule has 0 unspecified atom stereocenters. The van der Waals surface area contributed by atoms with Crippen molar-refractivity contribution in [2.75, 3.05) is 24.5 Å². The van der Waals surface area contributed by atoms with Gasteiger partial charge in [0.1, 0.15) is 5.75 Å². The smallest absolute Gasteiger partial charge is 0.260 e. The number of hydrazine groups is 1. The first-order valence-electron chi connectivity index (χ1n) is 16.9. The second-order valence-electron chi connectivity index (χ2n) is 13.6. The highest BCUT2D eigenvalue weighted by Gasteiger charge is 2.70. The molecule has 2 saturated heterocycles. The van der Waals surface area contributed by atoms with Crippen molar-refractivity contribution in [2.45, 2.75) is 24.2 Å². The Labute approximate surface area is 319 Å². The minimum Gasteiger partial charge on any atom is -0.504 e. The van der Waals surface area contributed by atoms with Gasteiger partial charge >= 0.3 is 0 Å². The Hall–Kier alpha value is -5.03. The number of ether oxygens (including phenoxy) is 2. The van der Waals surface area contributed by atoms with E-state index in [1.165, 1.54) is 31.3 Å². The van der Waals surface area contributed by atoms with E-state index in [0.29, 0.717) is 32.6 Å². The van der Waals surface area contributed by atoms with Crippen LogP contribution in [-0.4, -0.2) is 48.0 Å². The predicted octanol–water partition coefficient (Wildman–Crippen LogP) is 7.56. The third-order valence-electron chi connectivity index (χ3n) is 11.2. The molecule has 1 saturated carbocycles. The average Bonchev–Trinajstić information content (AvgIpc) is 3.53. The lowest BCUT2D eigenvalue weighted by Gasteiger charge is -2.50. The number of amides is 4. The zero-order valence-corrected chi connectivity index (χ0v) is 30.7. The molecular formula is C40H32Cl3N3O7. The Morgan fingerprint density at radius 2 is 1.51 bits per heavy atom. The van der Waals surface area contributed by atoms with E-state index in [1.807, 2.05) is 6.08 Å². The number of halogens is 3. The van der Waals surface area contributed by atoms with Crippen LogP contribution in [-0.2, 0) is 24.6 Å². The summed E-state index contributed by atoms with van der Waals surface area (Å²) in [7, 11) is 2.97. The highest BCUT2D eigenvalue weighted by molar-refractivity contribution is 6.36. The Morgan fingerprint density at radius 3 is 2.17 bits per heavy atom. The molecule has 0 aromatic heterocycles. The Balaban J connectivity index is 1.33.